The summed E-state index contributed by atoms with van der Waals surface area (Å²) in [6.45, 7) is 4.00. The van der Waals surface area contributed by atoms with Crippen LogP contribution in [0.2, 0.25) is 0 Å². The smallest absolute Gasteiger partial charge is 0.224 e. The molecular weight excluding hydrogens is 262 g/mol. The third-order valence-electron chi connectivity index (χ3n) is 3.58. The number of hydrogen-bond acceptors (Lipinski definition) is 2. The van der Waals surface area contributed by atoms with E-state index in [0.717, 1.165) is 22.4 Å². The van der Waals surface area contributed by atoms with Gasteiger partial charge in [0.2, 0.25) is 5.91 Å². The number of benzene rings is 2. The van der Waals surface area contributed by atoms with Crippen molar-refractivity contribution in [2.24, 2.45) is 0 Å². The van der Waals surface area contributed by atoms with Crippen molar-refractivity contribution in [2.45, 2.75) is 26.3 Å². The van der Waals surface area contributed by atoms with Crippen LogP contribution < -0.4 is 10.1 Å². The quantitative estimate of drug-likeness (QED) is 0.913. The Balaban J connectivity index is 2.00. The summed E-state index contributed by atoms with van der Waals surface area (Å²) in [5, 5.41) is 3.03. The topological polar surface area (TPSA) is 38.3 Å². The fourth-order valence-corrected chi connectivity index (χ4v) is 2.27. The van der Waals surface area contributed by atoms with Gasteiger partial charge in [-0.1, -0.05) is 36.4 Å². The van der Waals surface area contributed by atoms with Gasteiger partial charge in [-0.3, -0.25) is 4.79 Å². The van der Waals surface area contributed by atoms with Crippen LogP contribution in [-0.2, 0) is 11.2 Å². The van der Waals surface area contributed by atoms with E-state index >= 15 is 0 Å². The summed E-state index contributed by atoms with van der Waals surface area (Å²) in [5.74, 6) is 0.826. The highest BCUT2D eigenvalue weighted by Crippen LogP contribution is 2.19. The molecule has 0 unspecified atom stereocenters. The summed E-state index contributed by atoms with van der Waals surface area (Å²) in [6, 6.07) is 15.7. The lowest BCUT2D eigenvalue weighted by molar-refractivity contribution is -0.121. The monoisotopic (exact) mass is 283 g/mol. The van der Waals surface area contributed by atoms with E-state index in [-0.39, 0.29) is 11.9 Å². The van der Waals surface area contributed by atoms with Gasteiger partial charge in [0.05, 0.1) is 19.6 Å². The number of hydrogen-bond donors (Lipinski definition) is 1. The van der Waals surface area contributed by atoms with Gasteiger partial charge >= 0.3 is 0 Å². The molecule has 1 N–H and O–H groups in total. The molecule has 0 bridgehead atoms. The zero-order valence-electron chi connectivity index (χ0n) is 12.7. The lowest BCUT2D eigenvalue weighted by Crippen LogP contribution is -2.28. The van der Waals surface area contributed by atoms with E-state index in [0.29, 0.717) is 6.42 Å². The summed E-state index contributed by atoms with van der Waals surface area (Å²) in [6.07, 6.45) is 0.404. The van der Waals surface area contributed by atoms with E-state index < -0.39 is 0 Å². The first-order chi connectivity index (χ1) is 10.1. The second-order valence-corrected chi connectivity index (χ2v) is 5.17. The number of amides is 1. The molecule has 0 radical (unpaired) electrons. The molecule has 0 aromatic heterocycles. The highest BCUT2D eigenvalue weighted by atomic mass is 16.5. The summed E-state index contributed by atoms with van der Waals surface area (Å²) < 4.78 is 5.21. The number of carbonyl (C=O) groups is 1. The number of methoxy groups -OCH3 is 1. The average molecular weight is 283 g/mol. The molecule has 3 heteroatoms. The van der Waals surface area contributed by atoms with Crippen molar-refractivity contribution in [1.29, 1.82) is 0 Å². The van der Waals surface area contributed by atoms with Crippen LogP contribution in [0.5, 0.6) is 5.75 Å². The first-order valence-electron chi connectivity index (χ1n) is 7.08. The van der Waals surface area contributed by atoms with Crippen LogP contribution >= 0.6 is 0 Å². The highest BCUT2D eigenvalue weighted by Gasteiger charge is 2.11. The van der Waals surface area contributed by atoms with Gasteiger partial charge in [0.25, 0.3) is 0 Å². The van der Waals surface area contributed by atoms with Crippen LogP contribution in [0.25, 0.3) is 0 Å². The summed E-state index contributed by atoms with van der Waals surface area (Å²) in [7, 11) is 1.64. The fraction of sp³-hybridized carbons (Fsp3) is 0.278. The lowest BCUT2D eigenvalue weighted by atomic mass is 10.0. The van der Waals surface area contributed by atoms with Crippen molar-refractivity contribution in [3.63, 3.8) is 0 Å². The third kappa shape index (κ3) is 4.09. The Morgan fingerprint density at radius 3 is 2.67 bits per heavy atom. The van der Waals surface area contributed by atoms with Crippen molar-refractivity contribution in [3.05, 3.63) is 65.2 Å². The third-order valence-corrected chi connectivity index (χ3v) is 3.58. The van der Waals surface area contributed by atoms with Gasteiger partial charge in [0.1, 0.15) is 5.75 Å². The molecule has 0 heterocycles. The Hall–Kier alpha value is -2.29. The minimum absolute atomic E-state index is 0.0274. The highest BCUT2D eigenvalue weighted by molar-refractivity contribution is 5.79. The first kappa shape index (κ1) is 15.1. The maximum atomic E-state index is 12.2. The Bertz CT molecular complexity index is 622. The summed E-state index contributed by atoms with van der Waals surface area (Å²) >= 11 is 0. The minimum Gasteiger partial charge on any atom is -0.497 e. The Kier molecular flexibility index (Phi) is 4.99. The van der Waals surface area contributed by atoms with Crippen LogP contribution in [0.3, 0.4) is 0 Å². The van der Waals surface area contributed by atoms with Crippen LogP contribution in [-0.4, -0.2) is 13.0 Å². The molecular formula is C18H21NO2. The number of nitrogens with one attached hydrogen (secondary N) is 1. The summed E-state index contributed by atoms with van der Waals surface area (Å²) in [5.41, 5.74) is 3.24. The SMILES string of the molecule is COc1cccc([C@@H](C)NC(=O)Cc2ccccc2C)c1. The molecule has 0 aliphatic rings. The van der Waals surface area contributed by atoms with Crippen molar-refractivity contribution < 1.29 is 9.53 Å². The van der Waals surface area contributed by atoms with E-state index in [1.54, 1.807) is 7.11 Å². The predicted molar refractivity (Wildman–Crippen MR) is 84.4 cm³/mol. The molecule has 2 aromatic carbocycles. The molecule has 110 valence electrons. The molecule has 21 heavy (non-hydrogen) atoms. The molecule has 0 spiro atoms. The molecule has 1 atom stereocenters. The maximum Gasteiger partial charge on any atom is 0.224 e. The first-order valence-corrected chi connectivity index (χ1v) is 7.08. The van der Waals surface area contributed by atoms with E-state index in [9.17, 15) is 4.79 Å². The lowest BCUT2D eigenvalue weighted by Gasteiger charge is -2.15. The van der Waals surface area contributed by atoms with Gasteiger partial charge < -0.3 is 10.1 Å². The molecule has 0 saturated carbocycles. The fourth-order valence-electron chi connectivity index (χ4n) is 2.27. The second-order valence-electron chi connectivity index (χ2n) is 5.17. The minimum atomic E-state index is -0.0448. The van der Waals surface area contributed by atoms with Crippen molar-refractivity contribution in [1.82, 2.24) is 5.32 Å². The molecule has 0 aliphatic carbocycles. The normalized spacial score (nSPS) is 11.8. The van der Waals surface area contributed by atoms with Crippen LogP contribution in [0.1, 0.15) is 29.7 Å². The molecule has 0 saturated heterocycles. The van der Waals surface area contributed by atoms with Crippen LogP contribution in [0.4, 0.5) is 0 Å². The van der Waals surface area contributed by atoms with Crippen molar-refractivity contribution >= 4 is 5.91 Å². The second kappa shape index (κ2) is 6.93. The Morgan fingerprint density at radius 2 is 1.95 bits per heavy atom. The zero-order chi connectivity index (χ0) is 15.2. The predicted octanol–water partition coefficient (Wildman–Crippen LogP) is 3.42. The number of aryl methyl sites for hydroxylation is 1. The van der Waals surface area contributed by atoms with Gasteiger partial charge in [0, 0.05) is 0 Å². The number of ether oxygens (including phenoxy) is 1. The van der Waals surface area contributed by atoms with E-state index in [2.05, 4.69) is 5.32 Å². The average Bonchev–Trinajstić information content (AvgIpc) is 2.49. The van der Waals surface area contributed by atoms with Crippen molar-refractivity contribution in [3.8, 4) is 5.75 Å². The number of carbonyl (C=O) groups excluding carboxylic acids is 1. The van der Waals surface area contributed by atoms with E-state index in [4.69, 9.17) is 4.74 Å². The van der Waals surface area contributed by atoms with Crippen LogP contribution in [0.15, 0.2) is 48.5 Å². The maximum absolute atomic E-state index is 12.2. The number of rotatable bonds is 5. The van der Waals surface area contributed by atoms with Gasteiger partial charge in [-0.25, -0.2) is 0 Å². The Morgan fingerprint density at radius 1 is 1.19 bits per heavy atom. The molecule has 2 aromatic rings. The molecule has 2 rings (SSSR count). The van der Waals surface area contributed by atoms with Gasteiger partial charge in [-0.05, 0) is 42.7 Å². The van der Waals surface area contributed by atoms with Crippen molar-refractivity contribution in [2.75, 3.05) is 7.11 Å². The molecule has 0 aliphatic heterocycles. The van der Waals surface area contributed by atoms with Crippen LogP contribution in [0, 0.1) is 6.92 Å². The van der Waals surface area contributed by atoms with E-state index in [1.807, 2.05) is 62.4 Å². The van der Waals surface area contributed by atoms with Gasteiger partial charge in [-0.15, -0.1) is 0 Å². The zero-order valence-corrected chi connectivity index (χ0v) is 12.7. The molecule has 1 amide bonds. The summed E-state index contributed by atoms with van der Waals surface area (Å²) in [4.78, 5) is 12.2. The van der Waals surface area contributed by atoms with E-state index in [1.165, 1.54) is 0 Å². The van der Waals surface area contributed by atoms with Gasteiger partial charge in [0.15, 0.2) is 0 Å². The molecule has 0 fully saturated rings. The standard InChI is InChI=1S/C18H21NO2/c1-13-7-4-5-8-15(13)12-18(20)19-14(2)16-9-6-10-17(11-16)21-3/h4-11,14H,12H2,1-3H3,(H,19,20)/t14-/m1/s1. The molecule has 3 nitrogen and oxygen atoms in total. The Labute approximate surface area is 126 Å². The largest absolute Gasteiger partial charge is 0.497 e. The van der Waals surface area contributed by atoms with Gasteiger partial charge in [-0.2, -0.15) is 0 Å².